The van der Waals surface area contributed by atoms with Gasteiger partial charge in [-0.1, -0.05) is 6.07 Å². The number of hydrogen-bond acceptors (Lipinski definition) is 5. The van der Waals surface area contributed by atoms with Crippen molar-refractivity contribution in [2.24, 2.45) is 5.73 Å². The quantitative estimate of drug-likeness (QED) is 0.421. The van der Waals surface area contributed by atoms with Crippen molar-refractivity contribution in [1.82, 2.24) is 15.6 Å². The summed E-state index contributed by atoms with van der Waals surface area (Å²) in [6.45, 7) is 3.75. The van der Waals surface area contributed by atoms with E-state index in [-0.39, 0.29) is 0 Å². The normalized spacial score (nSPS) is 11.5. The number of halogens is 3. The Balaban J connectivity index is 1.57. The first-order chi connectivity index (χ1) is 15.0. The minimum atomic E-state index is -4.36. The number of pyridine rings is 1. The zero-order valence-corrected chi connectivity index (χ0v) is 17.0. The predicted molar refractivity (Wildman–Crippen MR) is 115 cm³/mol. The van der Waals surface area contributed by atoms with Crippen molar-refractivity contribution in [2.45, 2.75) is 12.7 Å². The molecule has 0 aliphatic heterocycles. The Morgan fingerprint density at radius 2 is 1.45 bits per heavy atom. The molecular formula is C23H25F3N4O. The number of rotatable bonds is 10. The molecule has 4 N–H and O–H groups in total. The van der Waals surface area contributed by atoms with Gasteiger partial charge in [0.2, 0.25) is 0 Å². The molecule has 0 aliphatic carbocycles. The van der Waals surface area contributed by atoms with E-state index in [0.29, 0.717) is 24.6 Å². The average Bonchev–Trinajstić information content (AvgIpc) is 2.77. The highest BCUT2D eigenvalue weighted by Crippen LogP contribution is 2.31. The summed E-state index contributed by atoms with van der Waals surface area (Å²) in [4.78, 5) is 4.67. The summed E-state index contributed by atoms with van der Waals surface area (Å²) < 4.78 is 43.6. The fourth-order valence-electron chi connectivity index (χ4n) is 2.90. The van der Waals surface area contributed by atoms with Crippen LogP contribution in [0.2, 0.25) is 0 Å². The number of benzene rings is 2. The Morgan fingerprint density at radius 3 is 2.10 bits per heavy atom. The molecule has 0 amide bonds. The molecule has 0 unspecified atom stereocenters. The van der Waals surface area contributed by atoms with Crippen LogP contribution in [0.1, 0.15) is 11.3 Å². The van der Waals surface area contributed by atoms with E-state index in [1.54, 1.807) is 12.1 Å². The third-order valence-electron chi connectivity index (χ3n) is 4.48. The second-order valence-electron chi connectivity index (χ2n) is 6.88. The molecule has 2 aromatic carbocycles. The second kappa shape index (κ2) is 10.9. The van der Waals surface area contributed by atoms with E-state index in [1.165, 1.54) is 12.1 Å². The van der Waals surface area contributed by atoms with Gasteiger partial charge in [-0.2, -0.15) is 13.2 Å². The number of nitrogens with one attached hydrogen (secondary N) is 2. The third-order valence-corrected chi connectivity index (χ3v) is 4.48. The van der Waals surface area contributed by atoms with E-state index >= 15 is 0 Å². The number of aromatic nitrogens is 1. The Kier molecular flexibility index (Phi) is 8.00. The van der Waals surface area contributed by atoms with Crippen molar-refractivity contribution in [2.75, 3.05) is 26.2 Å². The molecule has 1 aromatic heterocycles. The van der Waals surface area contributed by atoms with Crippen LogP contribution in [0.5, 0.6) is 11.5 Å². The van der Waals surface area contributed by atoms with Crippen LogP contribution >= 0.6 is 0 Å². The van der Waals surface area contributed by atoms with Crippen LogP contribution < -0.4 is 21.1 Å². The van der Waals surface area contributed by atoms with Gasteiger partial charge in [-0.3, -0.25) is 4.98 Å². The zero-order valence-electron chi connectivity index (χ0n) is 17.0. The summed E-state index contributed by atoms with van der Waals surface area (Å²) in [5, 5.41) is 6.55. The molecule has 0 spiro atoms. The SMILES string of the molecule is NCCNCCNCc1cccc(-c2ccc(Oc3ccc(C(F)(F)F)cc3)cc2)n1. The lowest BCUT2D eigenvalue weighted by Crippen LogP contribution is -2.30. The summed E-state index contributed by atoms with van der Waals surface area (Å²) in [5.41, 5.74) is 7.42. The molecule has 0 atom stereocenters. The van der Waals surface area contributed by atoms with Crippen LogP contribution in [-0.2, 0) is 12.7 Å². The minimum Gasteiger partial charge on any atom is -0.457 e. The fraction of sp³-hybridized carbons (Fsp3) is 0.261. The van der Waals surface area contributed by atoms with E-state index in [1.807, 2.05) is 30.3 Å². The smallest absolute Gasteiger partial charge is 0.416 e. The molecule has 0 radical (unpaired) electrons. The average molecular weight is 430 g/mol. The lowest BCUT2D eigenvalue weighted by molar-refractivity contribution is -0.137. The molecule has 0 aliphatic rings. The monoisotopic (exact) mass is 430 g/mol. The molecule has 164 valence electrons. The highest BCUT2D eigenvalue weighted by Gasteiger charge is 2.30. The summed E-state index contributed by atoms with van der Waals surface area (Å²) in [5.74, 6) is 0.874. The Labute approximate surface area is 179 Å². The van der Waals surface area contributed by atoms with Gasteiger partial charge in [-0.05, 0) is 60.7 Å². The van der Waals surface area contributed by atoms with Crippen LogP contribution in [0.25, 0.3) is 11.3 Å². The summed E-state index contributed by atoms with van der Waals surface area (Å²) >= 11 is 0. The highest BCUT2D eigenvalue weighted by molar-refractivity contribution is 5.60. The van der Waals surface area contributed by atoms with Crippen LogP contribution in [-0.4, -0.2) is 31.2 Å². The molecule has 31 heavy (non-hydrogen) atoms. The number of ether oxygens (including phenoxy) is 1. The van der Waals surface area contributed by atoms with E-state index in [0.717, 1.165) is 48.7 Å². The van der Waals surface area contributed by atoms with Gasteiger partial charge >= 0.3 is 6.18 Å². The van der Waals surface area contributed by atoms with Crippen LogP contribution in [0.3, 0.4) is 0 Å². The predicted octanol–water partition coefficient (Wildman–Crippen LogP) is 4.20. The lowest BCUT2D eigenvalue weighted by atomic mass is 10.1. The zero-order chi connectivity index (χ0) is 22.1. The number of alkyl halides is 3. The lowest BCUT2D eigenvalue weighted by Gasteiger charge is -2.10. The first-order valence-electron chi connectivity index (χ1n) is 9.99. The summed E-state index contributed by atoms with van der Waals surface area (Å²) in [6, 6.07) is 17.7. The Hall–Kier alpha value is -2.94. The molecule has 0 saturated heterocycles. The molecule has 3 aromatic rings. The van der Waals surface area contributed by atoms with Gasteiger partial charge in [0.1, 0.15) is 11.5 Å². The van der Waals surface area contributed by atoms with Crippen LogP contribution in [0.15, 0.2) is 66.7 Å². The van der Waals surface area contributed by atoms with Crippen LogP contribution in [0, 0.1) is 0 Å². The van der Waals surface area contributed by atoms with Crippen molar-refractivity contribution >= 4 is 0 Å². The van der Waals surface area contributed by atoms with Gasteiger partial charge in [0.15, 0.2) is 0 Å². The standard InChI is InChI=1S/C23H25F3N4O/c24-23(25,26)18-6-10-21(11-7-18)31-20-8-4-17(5-9-20)22-3-1-2-19(30-22)16-29-15-14-28-13-12-27/h1-11,28-29H,12-16,27H2. The molecule has 3 rings (SSSR count). The number of nitrogens with zero attached hydrogens (tertiary/aromatic N) is 1. The maximum absolute atomic E-state index is 12.7. The molecule has 1 heterocycles. The van der Waals surface area contributed by atoms with E-state index in [4.69, 9.17) is 10.5 Å². The summed E-state index contributed by atoms with van der Waals surface area (Å²) in [6.07, 6.45) is -4.36. The molecule has 0 bridgehead atoms. The maximum Gasteiger partial charge on any atom is 0.416 e. The number of nitrogens with two attached hydrogens (primary N) is 1. The first-order valence-corrected chi connectivity index (χ1v) is 9.99. The van der Waals surface area contributed by atoms with Crippen molar-refractivity contribution in [3.8, 4) is 22.8 Å². The Morgan fingerprint density at radius 1 is 0.806 bits per heavy atom. The van der Waals surface area contributed by atoms with Gasteiger partial charge in [0.05, 0.1) is 17.0 Å². The van der Waals surface area contributed by atoms with E-state index in [2.05, 4.69) is 15.6 Å². The third kappa shape index (κ3) is 7.06. The molecule has 0 fully saturated rings. The van der Waals surface area contributed by atoms with Crippen molar-refractivity contribution < 1.29 is 17.9 Å². The van der Waals surface area contributed by atoms with Gasteiger partial charge < -0.3 is 21.1 Å². The van der Waals surface area contributed by atoms with Crippen molar-refractivity contribution in [3.63, 3.8) is 0 Å². The van der Waals surface area contributed by atoms with E-state index in [9.17, 15) is 13.2 Å². The highest BCUT2D eigenvalue weighted by atomic mass is 19.4. The molecular weight excluding hydrogens is 405 g/mol. The molecule has 5 nitrogen and oxygen atoms in total. The van der Waals surface area contributed by atoms with Gasteiger partial charge in [-0.15, -0.1) is 0 Å². The molecule has 8 heteroatoms. The largest absolute Gasteiger partial charge is 0.457 e. The Bertz CT molecular complexity index is 944. The summed E-state index contributed by atoms with van der Waals surface area (Å²) in [7, 11) is 0. The van der Waals surface area contributed by atoms with E-state index < -0.39 is 11.7 Å². The van der Waals surface area contributed by atoms with Crippen molar-refractivity contribution in [3.05, 3.63) is 78.0 Å². The minimum absolute atomic E-state index is 0.341. The van der Waals surface area contributed by atoms with Crippen LogP contribution in [0.4, 0.5) is 13.2 Å². The van der Waals surface area contributed by atoms with Gasteiger partial charge in [-0.25, -0.2) is 0 Å². The first kappa shape index (κ1) is 22.7. The van der Waals surface area contributed by atoms with Gasteiger partial charge in [0.25, 0.3) is 0 Å². The second-order valence-corrected chi connectivity index (χ2v) is 6.88. The fourth-order valence-corrected chi connectivity index (χ4v) is 2.90. The van der Waals surface area contributed by atoms with Crippen molar-refractivity contribution in [1.29, 1.82) is 0 Å². The maximum atomic E-state index is 12.7. The topological polar surface area (TPSA) is 72.2 Å². The van der Waals surface area contributed by atoms with Gasteiger partial charge in [0, 0.05) is 38.3 Å². The number of hydrogen-bond donors (Lipinski definition) is 3. The molecule has 0 saturated carbocycles.